The molecule has 1 aromatic heterocycles. The van der Waals surface area contributed by atoms with Crippen molar-refractivity contribution in [2.45, 2.75) is 38.4 Å². The zero-order chi connectivity index (χ0) is 18.3. The molecule has 0 bridgehead atoms. The van der Waals surface area contributed by atoms with Gasteiger partial charge in [-0.3, -0.25) is 0 Å². The van der Waals surface area contributed by atoms with Crippen LogP contribution in [-0.4, -0.2) is 29.5 Å². The van der Waals surface area contributed by atoms with Crippen LogP contribution in [0, 0.1) is 0 Å². The molecule has 1 unspecified atom stereocenters. The Morgan fingerprint density at radius 1 is 0.963 bits per heavy atom. The lowest BCUT2D eigenvalue weighted by molar-refractivity contribution is -0.162. The molecule has 0 aliphatic carbocycles. The molecule has 1 N–H and O–H groups in total. The molecule has 4 heteroatoms. The van der Waals surface area contributed by atoms with Crippen molar-refractivity contribution in [3.8, 4) is 22.5 Å². The minimum Gasteiger partial charge on any atom is -0.353 e. The quantitative estimate of drug-likeness (QED) is 0.586. The lowest BCUT2D eigenvalue weighted by Crippen LogP contribution is -2.22. The van der Waals surface area contributed by atoms with Crippen molar-refractivity contribution in [2.75, 3.05) is 13.2 Å². The lowest BCUT2D eigenvalue weighted by atomic mass is 10.1. The van der Waals surface area contributed by atoms with Crippen LogP contribution in [0.15, 0.2) is 60.7 Å². The standard InChI is InChI=1S/C23H26N2O2/c1-3-10-18(11-4-1)22-23(19-12-5-2-6-13-19)25-20(24-22)14-9-17-27-21-15-7-8-16-26-21/h1-6,10-13,21H,7-9,14-17H2,(H,24,25). The summed E-state index contributed by atoms with van der Waals surface area (Å²) in [5.74, 6) is 1.00. The van der Waals surface area contributed by atoms with Gasteiger partial charge in [-0.2, -0.15) is 0 Å². The number of nitrogens with zero attached hydrogens (tertiary/aromatic N) is 1. The van der Waals surface area contributed by atoms with Crippen LogP contribution in [0.25, 0.3) is 22.5 Å². The third-order valence-electron chi connectivity index (χ3n) is 4.86. The molecule has 2 heterocycles. The van der Waals surface area contributed by atoms with Crippen LogP contribution in [-0.2, 0) is 15.9 Å². The summed E-state index contributed by atoms with van der Waals surface area (Å²) in [5.41, 5.74) is 4.37. The minimum absolute atomic E-state index is 0.0184. The molecule has 1 saturated heterocycles. The predicted molar refractivity (Wildman–Crippen MR) is 107 cm³/mol. The van der Waals surface area contributed by atoms with Gasteiger partial charge in [0, 0.05) is 24.2 Å². The van der Waals surface area contributed by atoms with E-state index in [1.165, 1.54) is 6.42 Å². The first-order chi connectivity index (χ1) is 13.4. The highest BCUT2D eigenvalue weighted by Crippen LogP contribution is 2.30. The number of rotatable bonds is 7. The molecule has 4 rings (SSSR count). The Morgan fingerprint density at radius 3 is 2.41 bits per heavy atom. The molecule has 3 aromatic rings. The van der Waals surface area contributed by atoms with Crippen LogP contribution in [0.1, 0.15) is 31.5 Å². The number of hydrogen-bond donors (Lipinski definition) is 1. The largest absolute Gasteiger partial charge is 0.353 e. The van der Waals surface area contributed by atoms with E-state index in [9.17, 15) is 0 Å². The van der Waals surface area contributed by atoms with Crippen molar-refractivity contribution >= 4 is 0 Å². The first kappa shape index (κ1) is 18.0. The van der Waals surface area contributed by atoms with Crippen LogP contribution in [0.3, 0.4) is 0 Å². The fraction of sp³-hybridized carbons (Fsp3) is 0.348. The fourth-order valence-electron chi connectivity index (χ4n) is 3.46. The van der Waals surface area contributed by atoms with Gasteiger partial charge in [0.1, 0.15) is 5.82 Å². The molecule has 0 radical (unpaired) electrons. The van der Waals surface area contributed by atoms with Crippen molar-refractivity contribution in [1.29, 1.82) is 0 Å². The van der Waals surface area contributed by atoms with Crippen LogP contribution >= 0.6 is 0 Å². The number of nitrogens with one attached hydrogen (secondary N) is 1. The Kier molecular flexibility index (Phi) is 5.97. The van der Waals surface area contributed by atoms with Crippen molar-refractivity contribution in [1.82, 2.24) is 9.97 Å². The Bertz CT molecular complexity index is 767. The summed E-state index contributed by atoms with van der Waals surface area (Å²) in [6, 6.07) is 20.7. The molecule has 4 nitrogen and oxygen atoms in total. The molecule has 140 valence electrons. The summed E-state index contributed by atoms with van der Waals surface area (Å²) in [7, 11) is 0. The second-order valence-electron chi connectivity index (χ2n) is 6.91. The Hall–Kier alpha value is -2.43. The third-order valence-corrected chi connectivity index (χ3v) is 4.86. The fourth-order valence-corrected chi connectivity index (χ4v) is 3.46. The molecule has 1 aliphatic heterocycles. The zero-order valence-corrected chi connectivity index (χ0v) is 15.6. The molecule has 0 amide bonds. The highest BCUT2D eigenvalue weighted by atomic mass is 16.7. The summed E-state index contributed by atoms with van der Waals surface area (Å²) in [5, 5.41) is 0. The minimum atomic E-state index is -0.0184. The van der Waals surface area contributed by atoms with Crippen LogP contribution in [0.2, 0.25) is 0 Å². The van der Waals surface area contributed by atoms with E-state index in [1.807, 2.05) is 12.1 Å². The molecule has 1 aliphatic rings. The van der Waals surface area contributed by atoms with Gasteiger partial charge < -0.3 is 14.5 Å². The van der Waals surface area contributed by atoms with Gasteiger partial charge >= 0.3 is 0 Å². The molecular weight excluding hydrogens is 336 g/mol. The topological polar surface area (TPSA) is 47.1 Å². The van der Waals surface area contributed by atoms with Gasteiger partial charge in [-0.25, -0.2) is 4.98 Å². The molecule has 0 spiro atoms. The number of aryl methyl sites for hydroxylation is 1. The number of ether oxygens (including phenoxy) is 2. The van der Waals surface area contributed by atoms with Gasteiger partial charge in [0.25, 0.3) is 0 Å². The van der Waals surface area contributed by atoms with E-state index in [2.05, 4.69) is 53.5 Å². The second-order valence-corrected chi connectivity index (χ2v) is 6.91. The van der Waals surface area contributed by atoms with E-state index < -0.39 is 0 Å². The Morgan fingerprint density at radius 2 is 1.70 bits per heavy atom. The van der Waals surface area contributed by atoms with E-state index in [1.54, 1.807) is 0 Å². The number of hydrogen-bond acceptors (Lipinski definition) is 3. The number of benzene rings is 2. The number of imidazole rings is 1. The van der Waals surface area contributed by atoms with Crippen LogP contribution in [0.4, 0.5) is 0 Å². The predicted octanol–water partition coefficient (Wildman–Crippen LogP) is 5.22. The van der Waals surface area contributed by atoms with Gasteiger partial charge in [-0.1, -0.05) is 60.7 Å². The summed E-state index contributed by atoms with van der Waals surface area (Å²) < 4.78 is 11.5. The van der Waals surface area contributed by atoms with E-state index in [4.69, 9.17) is 14.5 Å². The van der Waals surface area contributed by atoms with Gasteiger partial charge in [0.05, 0.1) is 18.0 Å². The van der Waals surface area contributed by atoms with Crippen LogP contribution in [0.5, 0.6) is 0 Å². The van der Waals surface area contributed by atoms with E-state index in [0.29, 0.717) is 6.61 Å². The average Bonchev–Trinajstić information content (AvgIpc) is 3.18. The molecule has 1 fully saturated rings. The summed E-state index contributed by atoms with van der Waals surface area (Å²) in [6.07, 6.45) is 5.13. The van der Waals surface area contributed by atoms with E-state index >= 15 is 0 Å². The highest BCUT2D eigenvalue weighted by Gasteiger charge is 2.15. The number of aromatic nitrogens is 2. The van der Waals surface area contributed by atoms with E-state index in [0.717, 1.165) is 60.6 Å². The lowest BCUT2D eigenvalue weighted by Gasteiger charge is -2.22. The monoisotopic (exact) mass is 362 g/mol. The van der Waals surface area contributed by atoms with Crippen molar-refractivity contribution < 1.29 is 9.47 Å². The number of aromatic amines is 1. The smallest absolute Gasteiger partial charge is 0.157 e. The van der Waals surface area contributed by atoms with Gasteiger partial charge in [0.2, 0.25) is 0 Å². The Labute approximate surface area is 160 Å². The number of H-pyrrole nitrogens is 1. The molecular formula is C23H26N2O2. The maximum atomic E-state index is 5.85. The first-order valence-electron chi connectivity index (χ1n) is 9.83. The van der Waals surface area contributed by atoms with Crippen molar-refractivity contribution in [3.63, 3.8) is 0 Å². The van der Waals surface area contributed by atoms with Gasteiger partial charge in [-0.05, 0) is 25.7 Å². The second kappa shape index (κ2) is 8.98. The van der Waals surface area contributed by atoms with Gasteiger partial charge in [0.15, 0.2) is 6.29 Å². The SMILES string of the molecule is c1ccc(-c2nc(CCCOC3CCCCO3)[nH]c2-c2ccccc2)cc1. The van der Waals surface area contributed by atoms with E-state index in [-0.39, 0.29) is 6.29 Å². The van der Waals surface area contributed by atoms with Crippen molar-refractivity contribution in [2.24, 2.45) is 0 Å². The van der Waals surface area contributed by atoms with Crippen molar-refractivity contribution in [3.05, 3.63) is 66.5 Å². The normalized spacial score (nSPS) is 17.1. The van der Waals surface area contributed by atoms with Gasteiger partial charge in [-0.15, -0.1) is 0 Å². The molecule has 27 heavy (non-hydrogen) atoms. The summed E-state index contributed by atoms with van der Waals surface area (Å²) in [6.45, 7) is 1.52. The first-order valence-corrected chi connectivity index (χ1v) is 9.83. The maximum absolute atomic E-state index is 5.85. The molecule has 1 atom stereocenters. The summed E-state index contributed by atoms with van der Waals surface area (Å²) in [4.78, 5) is 8.44. The average molecular weight is 362 g/mol. The molecule has 0 saturated carbocycles. The summed E-state index contributed by atoms with van der Waals surface area (Å²) >= 11 is 0. The maximum Gasteiger partial charge on any atom is 0.157 e. The zero-order valence-electron chi connectivity index (χ0n) is 15.6. The highest BCUT2D eigenvalue weighted by molar-refractivity contribution is 5.78. The third kappa shape index (κ3) is 4.65. The Balaban J connectivity index is 1.46. The van der Waals surface area contributed by atoms with Crippen LogP contribution < -0.4 is 0 Å². The molecule has 2 aromatic carbocycles.